The average molecular weight is 316 g/mol. The maximum absolute atomic E-state index is 11.7. The standard InChI is InChI=1S/C12H14BrNO4/c1-12(2,3)18-11(15)14-8-4-7(13)5-9-10(8)17-6-16-9/h4-5H,6H2,1-3H3,(H,14,15). The molecule has 0 bridgehead atoms. The Morgan fingerprint density at radius 1 is 1.39 bits per heavy atom. The Bertz CT molecular complexity index is 482. The first-order valence-electron chi connectivity index (χ1n) is 5.44. The SMILES string of the molecule is CC(C)(C)OC(=O)Nc1cc(Br)cc2c1OCO2. The van der Waals surface area contributed by atoms with E-state index in [9.17, 15) is 4.79 Å². The van der Waals surface area contributed by atoms with Crippen LogP contribution < -0.4 is 14.8 Å². The molecule has 1 aromatic carbocycles. The summed E-state index contributed by atoms with van der Waals surface area (Å²) in [5, 5.41) is 2.64. The van der Waals surface area contributed by atoms with Gasteiger partial charge in [-0.1, -0.05) is 15.9 Å². The van der Waals surface area contributed by atoms with Crippen LogP contribution in [0.25, 0.3) is 0 Å². The van der Waals surface area contributed by atoms with Crippen molar-refractivity contribution in [2.24, 2.45) is 0 Å². The highest BCUT2D eigenvalue weighted by atomic mass is 79.9. The van der Waals surface area contributed by atoms with Crippen molar-refractivity contribution in [1.29, 1.82) is 0 Å². The minimum absolute atomic E-state index is 0.148. The minimum Gasteiger partial charge on any atom is -0.453 e. The first kappa shape index (κ1) is 13.0. The molecule has 0 saturated carbocycles. The number of benzene rings is 1. The number of anilines is 1. The molecule has 2 rings (SSSR count). The van der Waals surface area contributed by atoms with Gasteiger partial charge in [0.05, 0.1) is 5.69 Å². The number of hydrogen-bond donors (Lipinski definition) is 1. The van der Waals surface area contributed by atoms with E-state index in [-0.39, 0.29) is 6.79 Å². The normalized spacial score (nSPS) is 13.3. The second kappa shape index (κ2) is 4.68. The van der Waals surface area contributed by atoms with E-state index in [1.54, 1.807) is 32.9 Å². The molecule has 0 atom stereocenters. The van der Waals surface area contributed by atoms with Gasteiger partial charge >= 0.3 is 6.09 Å². The zero-order valence-electron chi connectivity index (χ0n) is 10.4. The molecule has 0 saturated heterocycles. The summed E-state index contributed by atoms with van der Waals surface area (Å²) < 4.78 is 16.5. The number of carbonyl (C=O) groups is 1. The maximum Gasteiger partial charge on any atom is 0.412 e. The second-order valence-corrected chi connectivity index (χ2v) is 5.73. The first-order chi connectivity index (χ1) is 8.35. The minimum atomic E-state index is -0.545. The van der Waals surface area contributed by atoms with Crippen LogP contribution >= 0.6 is 15.9 Å². The molecule has 1 amide bonds. The quantitative estimate of drug-likeness (QED) is 0.861. The van der Waals surface area contributed by atoms with Gasteiger partial charge in [0.1, 0.15) is 5.60 Å². The molecule has 0 spiro atoms. The topological polar surface area (TPSA) is 56.8 Å². The smallest absolute Gasteiger partial charge is 0.412 e. The molecule has 1 aliphatic heterocycles. The van der Waals surface area contributed by atoms with Crippen LogP contribution in [-0.2, 0) is 4.74 Å². The van der Waals surface area contributed by atoms with Gasteiger partial charge in [0, 0.05) is 4.47 Å². The van der Waals surface area contributed by atoms with Crippen molar-refractivity contribution >= 4 is 27.7 Å². The molecule has 0 radical (unpaired) electrons. The Morgan fingerprint density at radius 2 is 2.11 bits per heavy atom. The van der Waals surface area contributed by atoms with Crippen molar-refractivity contribution < 1.29 is 19.0 Å². The highest BCUT2D eigenvalue weighted by Gasteiger charge is 2.22. The van der Waals surface area contributed by atoms with Crippen LogP contribution in [0.3, 0.4) is 0 Å². The molecule has 1 N–H and O–H groups in total. The fourth-order valence-corrected chi connectivity index (χ4v) is 1.92. The van der Waals surface area contributed by atoms with Crippen LogP contribution in [-0.4, -0.2) is 18.5 Å². The van der Waals surface area contributed by atoms with Crippen LogP contribution in [0.1, 0.15) is 20.8 Å². The number of halogens is 1. The number of rotatable bonds is 1. The lowest BCUT2D eigenvalue weighted by Gasteiger charge is -2.20. The zero-order chi connectivity index (χ0) is 13.3. The van der Waals surface area contributed by atoms with E-state index in [2.05, 4.69) is 21.2 Å². The number of amides is 1. The van der Waals surface area contributed by atoms with Crippen molar-refractivity contribution in [3.63, 3.8) is 0 Å². The van der Waals surface area contributed by atoms with Crippen LogP contribution in [0.15, 0.2) is 16.6 Å². The highest BCUT2D eigenvalue weighted by molar-refractivity contribution is 9.10. The number of nitrogens with one attached hydrogen (secondary N) is 1. The van der Waals surface area contributed by atoms with Crippen LogP contribution in [0, 0.1) is 0 Å². The molecule has 0 aromatic heterocycles. The Kier molecular flexibility index (Phi) is 3.38. The van der Waals surface area contributed by atoms with Gasteiger partial charge in [-0.05, 0) is 32.9 Å². The molecule has 1 aliphatic rings. The second-order valence-electron chi connectivity index (χ2n) is 4.81. The van der Waals surface area contributed by atoms with Gasteiger partial charge in [-0.3, -0.25) is 5.32 Å². The lowest BCUT2D eigenvalue weighted by atomic mass is 10.2. The molecule has 6 heteroatoms. The Hall–Kier alpha value is -1.43. The van der Waals surface area contributed by atoms with E-state index in [1.165, 1.54) is 0 Å². The average Bonchev–Trinajstić information content (AvgIpc) is 2.61. The van der Waals surface area contributed by atoms with Gasteiger partial charge in [-0.25, -0.2) is 4.79 Å². The summed E-state index contributed by atoms with van der Waals surface area (Å²) in [7, 11) is 0. The molecule has 98 valence electrons. The predicted molar refractivity (Wildman–Crippen MR) is 70.1 cm³/mol. The van der Waals surface area contributed by atoms with Crippen LogP contribution in [0.5, 0.6) is 11.5 Å². The summed E-state index contributed by atoms with van der Waals surface area (Å²) in [6.07, 6.45) is -0.529. The molecule has 0 unspecified atom stereocenters. The lowest BCUT2D eigenvalue weighted by molar-refractivity contribution is 0.0635. The van der Waals surface area contributed by atoms with Gasteiger partial charge < -0.3 is 14.2 Å². The van der Waals surface area contributed by atoms with Gasteiger partial charge in [0.25, 0.3) is 0 Å². The maximum atomic E-state index is 11.7. The van der Waals surface area contributed by atoms with Gasteiger partial charge in [-0.15, -0.1) is 0 Å². The van der Waals surface area contributed by atoms with E-state index in [1.807, 2.05) is 0 Å². The van der Waals surface area contributed by atoms with E-state index < -0.39 is 11.7 Å². The van der Waals surface area contributed by atoms with Crippen molar-refractivity contribution in [3.8, 4) is 11.5 Å². The number of carbonyl (C=O) groups excluding carboxylic acids is 1. The third kappa shape index (κ3) is 3.07. The fraction of sp³-hybridized carbons (Fsp3) is 0.417. The van der Waals surface area contributed by atoms with Crippen molar-refractivity contribution in [2.75, 3.05) is 12.1 Å². The Morgan fingerprint density at radius 3 is 2.78 bits per heavy atom. The molecule has 5 nitrogen and oxygen atoms in total. The predicted octanol–water partition coefficient (Wildman–Crippen LogP) is 3.52. The largest absolute Gasteiger partial charge is 0.453 e. The Labute approximate surface area is 114 Å². The molecule has 1 aromatic rings. The molecule has 1 heterocycles. The fourth-order valence-electron chi connectivity index (χ4n) is 1.48. The summed E-state index contributed by atoms with van der Waals surface area (Å²) in [6.45, 7) is 5.56. The van der Waals surface area contributed by atoms with Crippen molar-refractivity contribution in [3.05, 3.63) is 16.6 Å². The molecular weight excluding hydrogens is 302 g/mol. The van der Waals surface area contributed by atoms with Gasteiger partial charge in [-0.2, -0.15) is 0 Å². The van der Waals surface area contributed by atoms with Gasteiger partial charge in [0.15, 0.2) is 11.5 Å². The Balaban J connectivity index is 2.17. The number of fused-ring (bicyclic) bond motifs is 1. The molecular formula is C12H14BrNO4. The van der Waals surface area contributed by atoms with E-state index in [4.69, 9.17) is 14.2 Å². The highest BCUT2D eigenvalue weighted by Crippen LogP contribution is 2.41. The number of ether oxygens (including phenoxy) is 3. The summed E-state index contributed by atoms with van der Waals surface area (Å²) in [6, 6.07) is 3.51. The zero-order valence-corrected chi connectivity index (χ0v) is 12.0. The summed E-state index contributed by atoms with van der Waals surface area (Å²) >= 11 is 3.34. The molecule has 0 aliphatic carbocycles. The number of hydrogen-bond acceptors (Lipinski definition) is 4. The third-order valence-corrected chi connectivity index (χ3v) is 2.53. The van der Waals surface area contributed by atoms with Crippen molar-refractivity contribution in [2.45, 2.75) is 26.4 Å². The van der Waals surface area contributed by atoms with E-state index in [0.717, 1.165) is 4.47 Å². The summed E-state index contributed by atoms with van der Waals surface area (Å²) in [5.41, 5.74) is -0.0255. The van der Waals surface area contributed by atoms with Crippen LogP contribution in [0.4, 0.5) is 10.5 Å². The van der Waals surface area contributed by atoms with E-state index in [0.29, 0.717) is 17.2 Å². The lowest BCUT2D eigenvalue weighted by Crippen LogP contribution is -2.27. The molecule has 18 heavy (non-hydrogen) atoms. The van der Waals surface area contributed by atoms with E-state index >= 15 is 0 Å². The summed E-state index contributed by atoms with van der Waals surface area (Å²) in [5.74, 6) is 1.11. The van der Waals surface area contributed by atoms with Crippen LogP contribution in [0.2, 0.25) is 0 Å². The third-order valence-electron chi connectivity index (χ3n) is 2.07. The first-order valence-corrected chi connectivity index (χ1v) is 6.23. The molecule has 0 fully saturated rings. The monoisotopic (exact) mass is 315 g/mol. The summed E-state index contributed by atoms with van der Waals surface area (Å²) in [4.78, 5) is 11.7. The van der Waals surface area contributed by atoms with Gasteiger partial charge in [0.2, 0.25) is 6.79 Å². The van der Waals surface area contributed by atoms with Crippen molar-refractivity contribution in [1.82, 2.24) is 0 Å².